The molecule has 1 rings (SSSR count). The third-order valence-electron chi connectivity index (χ3n) is 3.07. The molecule has 0 aliphatic heterocycles. The van der Waals surface area contributed by atoms with Gasteiger partial charge in [0.15, 0.2) is 0 Å². The summed E-state index contributed by atoms with van der Waals surface area (Å²) in [5.41, 5.74) is 6.61. The summed E-state index contributed by atoms with van der Waals surface area (Å²) < 4.78 is 0. The Morgan fingerprint density at radius 1 is 1.50 bits per heavy atom. The van der Waals surface area contributed by atoms with Gasteiger partial charge in [-0.05, 0) is 18.9 Å². The molecule has 100 valence electrons. The topological polar surface area (TPSA) is 79.5 Å². The summed E-state index contributed by atoms with van der Waals surface area (Å²) in [5, 5.41) is 9.10. The number of aliphatic hydroxyl groups excluding tert-OH is 1. The molecule has 5 heteroatoms. The maximum atomic E-state index is 12.4. The Hall–Kier alpha value is -1.62. The number of anilines is 1. The van der Waals surface area contributed by atoms with Crippen LogP contribution in [-0.4, -0.2) is 40.1 Å². The molecule has 0 spiro atoms. The summed E-state index contributed by atoms with van der Waals surface area (Å²) in [6, 6.07) is 1.72. The van der Waals surface area contributed by atoms with Crippen molar-refractivity contribution in [3.63, 3.8) is 0 Å². The van der Waals surface area contributed by atoms with E-state index in [1.807, 2.05) is 13.8 Å². The molecule has 1 aromatic rings. The highest BCUT2D eigenvalue weighted by molar-refractivity contribution is 5.98. The Balaban J connectivity index is 2.99. The lowest BCUT2D eigenvalue weighted by atomic mass is 10.1. The van der Waals surface area contributed by atoms with Crippen molar-refractivity contribution in [3.8, 4) is 0 Å². The largest absolute Gasteiger partial charge is 0.398 e. The SMILES string of the molecule is CCC(CC)N(CCO)C(=O)c1cnccc1N. The van der Waals surface area contributed by atoms with Gasteiger partial charge in [-0.25, -0.2) is 0 Å². The monoisotopic (exact) mass is 251 g/mol. The number of hydrogen-bond donors (Lipinski definition) is 2. The van der Waals surface area contributed by atoms with Crippen LogP contribution in [0.1, 0.15) is 37.0 Å². The molecule has 0 aliphatic carbocycles. The first kappa shape index (κ1) is 14.4. The van der Waals surface area contributed by atoms with Crippen LogP contribution >= 0.6 is 0 Å². The molecular weight excluding hydrogens is 230 g/mol. The Morgan fingerprint density at radius 3 is 2.67 bits per heavy atom. The fourth-order valence-corrected chi connectivity index (χ4v) is 2.03. The van der Waals surface area contributed by atoms with Gasteiger partial charge in [-0.15, -0.1) is 0 Å². The number of amides is 1. The van der Waals surface area contributed by atoms with E-state index >= 15 is 0 Å². The summed E-state index contributed by atoms with van der Waals surface area (Å²) in [6.07, 6.45) is 4.73. The van der Waals surface area contributed by atoms with E-state index < -0.39 is 0 Å². The highest BCUT2D eigenvalue weighted by Gasteiger charge is 2.23. The number of aromatic nitrogens is 1. The number of rotatable bonds is 6. The van der Waals surface area contributed by atoms with Crippen molar-refractivity contribution in [1.82, 2.24) is 9.88 Å². The van der Waals surface area contributed by atoms with Crippen molar-refractivity contribution in [3.05, 3.63) is 24.0 Å². The Bertz CT molecular complexity index is 392. The van der Waals surface area contributed by atoms with Gasteiger partial charge in [0.05, 0.1) is 12.2 Å². The molecule has 0 saturated carbocycles. The second-order valence-corrected chi connectivity index (χ2v) is 4.16. The summed E-state index contributed by atoms with van der Waals surface area (Å²) in [7, 11) is 0. The number of carbonyl (C=O) groups excluding carboxylic acids is 1. The third kappa shape index (κ3) is 3.20. The van der Waals surface area contributed by atoms with Gasteiger partial charge in [-0.2, -0.15) is 0 Å². The lowest BCUT2D eigenvalue weighted by Crippen LogP contribution is -2.41. The number of hydrogen-bond acceptors (Lipinski definition) is 4. The molecule has 0 aromatic carbocycles. The Morgan fingerprint density at radius 2 is 2.17 bits per heavy atom. The van der Waals surface area contributed by atoms with Crippen LogP contribution < -0.4 is 5.73 Å². The quantitative estimate of drug-likeness (QED) is 0.798. The number of aliphatic hydroxyl groups is 1. The van der Waals surface area contributed by atoms with Gasteiger partial charge in [0.25, 0.3) is 5.91 Å². The van der Waals surface area contributed by atoms with E-state index in [9.17, 15) is 4.79 Å². The maximum Gasteiger partial charge on any atom is 0.257 e. The average Bonchev–Trinajstić information content (AvgIpc) is 2.39. The van der Waals surface area contributed by atoms with Crippen LogP contribution in [-0.2, 0) is 0 Å². The van der Waals surface area contributed by atoms with E-state index in [2.05, 4.69) is 4.98 Å². The molecule has 1 aromatic heterocycles. The van der Waals surface area contributed by atoms with Crippen molar-refractivity contribution >= 4 is 11.6 Å². The maximum absolute atomic E-state index is 12.4. The van der Waals surface area contributed by atoms with Crippen molar-refractivity contribution in [1.29, 1.82) is 0 Å². The van der Waals surface area contributed by atoms with Gasteiger partial charge in [0.2, 0.25) is 0 Å². The lowest BCUT2D eigenvalue weighted by Gasteiger charge is -2.30. The van der Waals surface area contributed by atoms with Crippen LogP contribution in [0.3, 0.4) is 0 Å². The normalized spacial score (nSPS) is 10.7. The molecule has 0 unspecified atom stereocenters. The Labute approximate surface area is 108 Å². The minimum absolute atomic E-state index is 0.0532. The van der Waals surface area contributed by atoms with E-state index in [1.54, 1.807) is 17.2 Å². The van der Waals surface area contributed by atoms with Crippen LogP contribution in [0.4, 0.5) is 5.69 Å². The minimum atomic E-state index is -0.164. The first-order valence-electron chi connectivity index (χ1n) is 6.26. The van der Waals surface area contributed by atoms with Crippen molar-refractivity contribution < 1.29 is 9.90 Å². The van der Waals surface area contributed by atoms with Crippen LogP contribution in [0.25, 0.3) is 0 Å². The number of nitrogen functional groups attached to an aromatic ring is 1. The number of pyridine rings is 1. The first-order valence-corrected chi connectivity index (χ1v) is 6.26. The average molecular weight is 251 g/mol. The molecule has 0 atom stereocenters. The van der Waals surface area contributed by atoms with Gasteiger partial charge < -0.3 is 15.7 Å². The molecule has 18 heavy (non-hydrogen) atoms. The van der Waals surface area contributed by atoms with Gasteiger partial charge >= 0.3 is 0 Å². The van der Waals surface area contributed by atoms with Gasteiger partial charge in [-0.1, -0.05) is 13.8 Å². The predicted octanol–water partition coefficient (Wildman–Crippen LogP) is 1.29. The molecule has 1 amide bonds. The predicted molar refractivity (Wildman–Crippen MR) is 71.1 cm³/mol. The Kier molecular flexibility index (Phi) is 5.58. The highest BCUT2D eigenvalue weighted by Crippen LogP contribution is 2.16. The smallest absolute Gasteiger partial charge is 0.257 e. The molecule has 0 saturated heterocycles. The van der Waals surface area contributed by atoms with E-state index in [1.165, 1.54) is 6.20 Å². The highest BCUT2D eigenvalue weighted by atomic mass is 16.3. The van der Waals surface area contributed by atoms with Gasteiger partial charge in [0, 0.05) is 30.7 Å². The zero-order valence-corrected chi connectivity index (χ0v) is 11.0. The van der Waals surface area contributed by atoms with Gasteiger partial charge in [0.1, 0.15) is 0 Å². The number of nitrogens with zero attached hydrogens (tertiary/aromatic N) is 2. The second kappa shape index (κ2) is 6.96. The van der Waals surface area contributed by atoms with Crippen LogP contribution in [0.15, 0.2) is 18.5 Å². The third-order valence-corrected chi connectivity index (χ3v) is 3.07. The van der Waals surface area contributed by atoms with Crippen molar-refractivity contribution in [2.24, 2.45) is 0 Å². The number of carbonyl (C=O) groups is 1. The summed E-state index contributed by atoms with van der Waals surface area (Å²) in [4.78, 5) is 18.0. The van der Waals surface area contributed by atoms with E-state index in [4.69, 9.17) is 10.8 Å². The molecule has 5 nitrogen and oxygen atoms in total. The van der Waals surface area contributed by atoms with Gasteiger partial charge in [-0.3, -0.25) is 9.78 Å². The van der Waals surface area contributed by atoms with Crippen molar-refractivity contribution in [2.45, 2.75) is 32.7 Å². The molecule has 3 N–H and O–H groups in total. The van der Waals surface area contributed by atoms with Crippen LogP contribution in [0.2, 0.25) is 0 Å². The second-order valence-electron chi connectivity index (χ2n) is 4.16. The van der Waals surface area contributed by atoms with E-state index in [0.717, 1.165) is 12.8 Å². The zero-order valence-electron chi connectivity index (χ0n) is 11.0. The fraction of sp³-hybridized carbons (Fsp3) is 0.538. The summed E-state index contributed by atoms with van der Waals surface area (Å²) in [6.45, 7) is 4.32. The van der Waals surface area contributed by atoms with Crippen LogP contribution in [0.5, 0.6) is 0 Å². The van der Waals surface area contributed by atoms with Crippen LogP contribution in [0, 0.1) is 0 Å². The lowest BCUT2D eigenvalue weighted by molar-refractivity contribution is 0.0623. The molecular formula is C13H21N3O2. The minimum Gasteiger partial charge on any atom is -0.398 e. The standard InChI is InChI=1S/C13H21N3O2/c1-3-10(4-2)16(7-8-17)13(18)11-9-15-6-5-12(11)14/h5-6,9-10,17H,3-4,7-8H2,1-2H3,(H2,14,15). The molecule has 1 heterocycles. The molecule has 0 aliphatic rings. The summed E-state index contributed by atoms with van der Waals surface area (Å²) >= 11 is 0. The van der Waals surface area contributed by atoms with E-state index in [-0.39, 0.29) is 18.6 Å². The zero-order chi connectivity index (χ0) is 13.5. The fourth-order valence-electron chi connectivity index (χ4n) is 2.03. The van der Waals surface area contributed by atoms with E-state index in [0.29, 0.717) is 17.8 Å². The van der Waals surface area contributed by atoms with Crippen molar-refractivity contribution in [2.75, 3.05) is 18.9 Å². The molecule has 0 bridgehead atoms. The molecule has 0 radical (unpaired) electrons. The summed E-state index contributed by atoms with van der Waals surface area (Å²) in [5.74, 6) is -0.164. The first-order chi connectivity index (χ1) is 8.65. The molecule has 0 fully saturated rings. The number of nitrogens with two attached hydrogens (primary N) is 1.